The van der Waals surface area contributed by atoms with Crippen molar-refractivity contribution in [3.8, 4) is 0 Å². The minimum absolute atomic E-state index is 0.0197. The van der Waals surface area contributed by atoms with Gasteiger partial charge in [-0.05, 0) is 36.5 Å². The fraction of sp³-hybridized carbons (Fsp3) is 0.364. The quantitative estimate of drug-likeness (QED) is 0.907. The van der Waals surface area contributed by atoms with Gasteiger partial charge in [-0.2, -0.15) is 0 Å². The van der Waals surface area contributed by atoms with Gasteiger partial charge < -0.3 is 10.2 Å². The van der Waals surface area contributed by atoms with Crippen LogP contribution in [0, 0.1) is 0 Å². The number of hydrogen-bond acceptors (Lipinski definition) is 2. The first-order valence-electron chi connectivity index (χ1n) is 9.38. The average Bonchev–Trinajstić information content (AvgIpc) is 3.04. The molecule has 0 aromatic heterocycles. The molecule has 3 atom stereocenters. The zero-order valence-corrected chi connectivity index (χ0v) is 15.0. The van der Waals surface area contributed by atoms with Gasteiger partial charge >= 0.3 is 0 Å². The molecule has 0 saturated carbocycles. The van der Waals surface area contributed by atoms with Crippen LogP contribution in [-0.2, 0) is 16.0 Å². The molecule has 0 unspecified atom stereocenters. The fourth-order valence-electron chi connectivity index (χ4n) is 4.38. The molecule has 1 saturated heterocycles. The lowest BCUT2D eigenvalue weighted by Crippen LogP contribution is -2.49. The van der Waals surface area contributed by atoms with Crippen LogP contribution in [-0.4, -0.2) is 35.3 Å². The first-order valence-corrected chi connectivity index (χ1v) is 9.38. The standard InChI is InChI=1S/C22H24N2O2/c1-15-21(17-8-3-2-4-9-17)18-10-6-5-7-16(18)13-14-24(15)22(26)19-11-12-20(25)23-19/h2-10,15,19,21H,11-14H2,1H3,(H,23,25)/t15-,19-,21-/m1/s1. The van der Waals surface area contributed by atoms with Crippen LogP contribution in [0.2, 0.25) is 0 Å². The van der Waals surface area contributed by atoms with Crippen molar-refractivity contribution in [2.45, 2.75) is 44.2 Å². The van der Waals surface area contributed by atoms with Gasteiger partial charge in [0.1, 0.15) is 6.04 Å². The number of nitrogens with one attached hydrogen (secondary N) is 1. The smallest absolute Gasteiger partial charge is 0.245 e. The molecule has 0 bridgehead atoms. The van der Waals surface area contributed by atoms with E-state index in [1.807, 2.05) is 11.0 Å². The van der Waals surface area contributed by atoms with Gasteiger partial charge in [0.05, 0.1) is 0 Å². The van der Waals surface area contributed by atoms with Gasteiger partial charge in [-0.15, -0.1) is 0 Å². The summed E-state index contributed by atoms with van der Waals surface area (Å²) in [4.78, 5) is 26.7. The first-order chi connectivity index (χ1) is 12.6. The second-order valence-electron chi connectivity index (χ2n) is 7.27. The minimum Gasteiger partial charge on any atom is -0.344 e. The van der Waals surface area contributed by atoms with Crippen molar-refractivity contribution in [3.05, 3.63) is 71.3 Å². The SMILES string of the molecule is C[C@@H]1[C@H](c2ccccc2)c2ccccc2CCN1C(=O)[C@H]1CCC(=O)N1. The summed E-state index contributed by atoms with van der Waals surface area (Å²) in [5.74, 6) is 0.168. The monoisotopic (exact) mass is 348 g/mol. The van der Waals surface area contributed by atoms with Gasteiger partial charge in [0.25, 0.3) is 0 Å². The molecule has 4 rings (SSSR count). The van der Waals surface area contributed by atoms with E-state index >= 15 is 0 Å². The highest BCUT2D eigenvalue weighted by Gasteiger charge is 2.37. The Bertz CT molecular complexity index is 818. The van der Waals surface area contributed by atoms with E-state index in [0.717, 1.165) is 6.42 Å². The van der Waals surface area contributed by atoms with Crippen molar-refractivity contribution >= 4 is 11.8 Å². The third-order valence-electron chi connectivity index (χ3n) is 5.72. The molecule has 26 heavy (non-hydrogen) atoms. The molecule has 0 spiro atoms. The maximum absolute atomic E-state index is 13.1. The highest BCUT2D eigenvalue weighted by Crippen LogP contribution is 2.36. The van der Waals surface area contributed by atoms with E-state index in [9.17, 15) is 9.59 Å². The molecule has 4 heteroatoms. The predicted molar refractivity (Wildman–Crippen MR) is 101 cm³/mol. The van der Waals surface area contributed by atoms with Crippen molar-refractivity contribution in [1.82, 2.24) is 10.2 Å². The lowest BCUT2D eigenvalue weighted by molar-refractivity contribution is -0.136. The Labute approximate surface area is 154 Å². The third-order valence-corrected chi connectivity index (χ3v) is 5.72. The number of benzene rings is 2. The van der Waals surface area contributed by atoms with Crippen LogP contribution < -0.4 is 5.32 Å². The molecule has 2 aliphatic rings. The summed E-state index contributed by atoms with van der Waals surface area (Å²) < 4.78 is 0. The Kier molecular flexibility index (Phi) is 4.49. The van der Waals surface area contributed by atoms with Crippen LogP contribution in [0.3, 0.4) is 0 Å². The van der Waals surface area contributed by atoms with E-state index in [4.69, 9.17) is 0 Å². The topological polar surface area (TPSA) is 49.4 Å². The molecule has 2 aromatic carbocycles. The van der Waals surface area contributed by atoms with Gasteiger partial charge in [-0.1, -0.05) is 54.6 Å². The Hall–Kier alpha value is -2.62. The lowest BCUT2D eigenvalue weighted by Gasteiger charge is -2.34. The normalized spacial score (nSPS) is 25.3. The summed E-state index contributed by atoms with van der Waals surface area (Å²) in [6, 6.07) is 18.6. The fourth-order valence-corrected chi connectivity index (χ4v) is 4.38. The average molecular weight is 348 g/mol. The van der Waals surface area contributed by atoms with Gasteiger partial charge in [-0.3, -0.25) is 9.59 Å². The maximum Gasteiger partial charge on any atom is 0.245 e. The van der Waals surface area contributed by atoms with Crippen molar-refractivity contribution in [1.29, 1.82) is 0 Å². The van der Waals surface area contributed by atoms with E-state index in [2.05, 4.69) is 60.8 Å². The number of rotatable bonds is 2. The summed E-state index contributed by atoms with van der Waals surface area (Å²) in [6.45, 7) is 2.82. The Morgan fingerprint density at radius 1 is 1.04 bits per heavy atom. The molecule has 2 amide bonds. The largest absolute Gasteiger partial charge is 0.344 e. The predicted octanol–water partition coefficient (Wildman–Crippen LogP) is 2.87. The van der Waals surface area contributed by atoms with Gasteiger partial charge in [0, 0.05) is 24.9 Å². The summed E-state index contributed by atoms with van der Waals surface area (Å²) in [5, 5.41) is 2.84. The zero-order chi connectivity index (χ0) is 18.1. The van der Waals surface area contributed by atoms with Crippen molar-refractivity contribution in [3.63, 3.8) is 0 Å². The first kappa shape index (κ1) is 16.8. The second-order valence-corrected chi connectivity index (χ2v) is 7.27. The van der Waals surface area contributed by atoms with Gasteiger partial charge in [-0.25, -0.2) is 0 Å². The highest BCUT2D eigenvalue weighted by atomic mass is 16.2. The molecule has 1 N–H and O–H groups in total. The maximum atomic E-state index is 13.1. The molecule has 2 aromatic rings. The number of carbonyl (C=O) groups is 2. The molecule has 1 fully saturated rings. The van der Waals surface area contributed by atoms with E-state index < -0.39 is 0 Å². The molecule has 0 aliphatic carbocycles. The molecule has 134 valence electrons. The summed E-state index contributed by atoms with van der Waals surface area (Å²) >= 11 is 0. The summed E-state index contributed by atoms with van der Waals surface area (Å²) in [6.07, 6.45) is 1.89. The number of amides is 2. The molecule has 2 aliphatic heterocycles. The Morgan fingerprint density at radius 2 is 1.77 bits per heavy atom. The van der Waals surface area contributed by atoms with Gasteiger partial charge in [0.2, 0.25) is 11.8 Å². The van der Waals surface area contributed by atoms with Crippen molar-refractivity contribution in [2.24, 2.45) is 0 Å². The van der Waals surface area contributed by atoms with Crippen LogP contribution in [0.25, 0.3) is 0 Å². The highest BCUT2D eigenvalue weighted by molar-refractivity contribution is 5.91. The Morgan fingerprint density at radius 3 is 2.50 bits per heavy atom. The van der Waals surface area contributed by atoms with E-state index in [-0.39, 0.29) is 29.8 Å². The van der Waals surface area contributed by atoms with Crippen LogP contribution in [0.4, 0.5) is 0 Å². The number of hydrogen-bond donors (Lipinski definition) is 1. The zero-order valence-electron chi connectivity index (χ0n) is 15.0. The molecule has 2 heterocycles. The van der Waals surface area contributed by atoms with Gasteiger partial charge in [0.15, 0.2) is 0 Å². The lowest BCUT2D eigenvalue weighted by atomic mass is 9.83. The van der Waals surface area contributed by atoms with Crippen LogP contribution in [0.15, 0.2) is 54.6 Å². The van der Waals surface area contributed by atoms with E-state index in [1.165, 1.54) is 16.7 Å². The van der Waals surface area contributed by atoms with E-state index in [1.54, 1.807) is 0 Å². The second kappa shape index (κ2) is 6.94. The number of nitrogens with zero attached hydrogens (tertiary/aromatic N) is 1. The molecular weight excluding hydrogens is 324 g/mol. The Balaban J connectivity index is 1.72. The number of fused-ring (bicyclic) bond motifs is 1. The van der Waals surface area contributed by atoms with Crippen LogP contribution in [0.1, 0.15) is 42.4 Å². The minimum atomic E-state index is -0.373. The number of carbonyl (C=O) groups excluding carboxylic acids is 2. The van der Waals surface area contributed by atoms with Crippen molar-refractivity contribution < 1.29 is 9.59 Å². The van der Waals surface area contributed by atoms with E-state index in [0.29, 0.717) is 19.4 Å². The van der Waals surface area contributed by atoms with Crippen LogP contribution >= 0.6 is 0 Å². The van der Waals surface area contributed by atoms with Crippen molar-refractivity contribution in [2.75, 3.05) is 6.54 Å². The van der Waals surface area contributed by atoms with Crippen LogP contribution in [0.5, 0.6) is 0 Å². The molecule has 4 nitrogen and oxygen atoms in total. The molecular formula is C22H24N2O2. The third kappa shape index (κ3) is 3.00. The molecule has 0 radical (unpaired) electrons. The summed E-state index contributed by atoms with van der Waals surface area (Å²) in [5.41, 5.74) is 3.83. The summed E-state index contributed by atoms with van der Waals surface area (Å²) in [7, 11) is 0.